The van der Waals surface area contributed by atoms with Crippen molar-refractivity contribution < 1.29 is 0 Å². The molecule has 2 heterocycles. The van der Waals surface area contributed by atoms with Gasteiger partial charge in [0, 0.05) is 39.8 Å². The summed E-state index contributed by atoms with van der Waals surface area (Å²) in [6.45, 7) is 0. The molecule has 0 bridgehead atoms. The summed E-state index contributed by atoms with van der Waals surface area (Å²) in [7, 11) is 0. The second kappa shape index (κ2) is 8.36. The van der Waals surface area contributed by atoms with Gasteiger partial charge in [-0.15, -0.1) is 0 Å². The van der Waals surface area contributed by atoms with Crippen molar-refractivity contribution in [2.75, 3.05) is 4.90 Å². The molecule has 1 atom stereocenters. The van der Waals surface area contributed by atoms with Gasteiger partial charge >= 0.3 is 0 Å². The van der Waals surface area contributed by atoms with Gasteiger partial charge in [-0.2, -0.15) is 0 Å². The number of allylic oxidation sites excluding steroid dienone is 2. The van der Waals surface area contributed by atoms with Gasteiger partial charge in [0.25, 0.3) is 0 Å². The molecule has 180 valence electrons. The number of para-hydroxylation sites is 3. The number of anilines is 2. The smallest absolute Gasteiger partial charge is 0.0653 e. The topological polar surface area (TPSA) is 8.17 Å². The predicted octanol–water partition coefficient (Wildman–Crippen LogP) is 9.31. The summed E-state index contributed by atoms with van der Waals surface area (Å²) in [5.74, 6) is 0. The molecule has 0 saturated heterocycles. The van der Waals surface area contributed by atoms with Gasteiger partial charge in [-0.05, 0) is 53.1 Å². The highest BCUT2D eigenvalue weighted by atomic mass is 15.2. The van der Waals surface area contributed by atoms with Crippen molar-refractivity contribution in [2.45, 2.75) is 12.5 Å². The molecule has 38 heavy (non-hydrogen) atoms. The van der Waals surface area contributed by atoms with Crippen LogP contribution in [-0.2, 0) is 0 Å². The van der Waals surface area contributed by atoms with Crippen LogP contribution in [0.25, 0.3) is 44.2 Å². The van der Waals surface area contributed by atoms with E-state index >= 15 is 0 Å². The molecule has 0 unspecified atom stereocenters. The minimum absolute atomic E-state index is 0.235. The van der Waals surface area contributed by atoms with Crippen molar-refractivity contribution in [3.63, 3.8) is 0 Å². The zero-order valence-corrected chi connectivity index (χ0v) is 21.0. The Balaban J connectivity index is 1.29. The zero-order valence-electron chi connectivity index (χ0n) is 21.0. The number of hydrogen-bond acceptors (Lipinski definition) is 1. The number of rotatable bonds is 3. The second-order valence-corrected chi connectivity index (χ2v) is 10.2. The summed E-state index contributed by atoms with van der Waals surface area (Å²) in [5, 5.41) is 2.61. The van der Waals surface area contributed by atoms with Gasteiger partial charge in [-0.3, -0.25) is 0 Å². The maximum atomic E-state index is 2.55. The lowest BCUT2D eigenvalue weighted by molar-refractivity contribution is 0.817. The highest BCUT2D eigenvalue weighted by Crippen LogP contribution is 2.49. The lowest BCUT2D eigenvalue weighted by Crippen LogP contribution is -2.29. The molecular weight excluding hydrogens is 460 g/mol. The van der Waals surface area contributed by atoms with Crippen LogP contribution in [0.4, 0.5) is 11.4 Å². The summed E-state index contributed by atoms with van der Waals surface area (Å²) in [5.41, 5.74) is 11.6. The van der Waals surface area contributed by atoms with Crippen molar-refractivity contribution in [3.05, 3.63) is 145 Å². The van der Waals surface area contributed by atoms with Crippen molar-refractivity contribution in [1.29, 1.82) is 0 Å². The van der Waals surface area contributed by atoms with Crippen LogP contribution in [0.1, 0.15) is 12.0 Å². The van der Waals surface area contributed by atoms with E-state index in [0.717, 1.165) is 6.42 Å². The summed E-state index contributed by atoms with van der Waals surface area (Å²) >= 11 is 0. The Morgan fingerprint density at radius 2 is 1.21 bits per heavy atom. The lowest BCUT2D eigenvalue weighted by atomic mass is 9.93. The Morgan fingerprint density at radius 3 is 2.00 bits per heavy atom. The lowest BCUT2D eigenvalue weighted by Gasteiger charge is -2.31. The second-order valence-electron chi connectivity index (χ2n) is 10.2. The van der Waals surface area contributed by atoms with Crippen LogP contribution in [0, 0.1) is 0 Å². The summed E-state index contributed by atoms with van der Waals surface area (Å²) < 4.78 is 2.47. The molecule has 2 heteroatoms. The maximum absolute atomic E-state index is 2.55. The summed E-state index contributed by atoms with van der Waals surface area (Å²) in [6, 6.07) is 46.3. The van der Waals surface area contributed by atoms with Crippen LogP contribution >= 0.6 is 0 Å². The Bertz CT molecular complexity index is 1850. The largest absolute Gasteiger partial charge is 0.333 e. The van der Waals surface area contributed by atoms with E-state index in [1.165, 1.54) is 61.1 Å². The average Bonchev–Trinajstić information content (AvgIpc) is 3.50. The van der Waals surface area contributed by atoms with Crippen molar-refractivity contribution in [1.82, 2.24) is 4.57 Å². The summed E-state index contributed by atoms with van der Waals surface area (Å²) in [6.07, 6.45) is 5.62. The zero-order chi connectivity index (χ0) is 25.1. The minimum Gasteiger partial charge on any atom is -0.333 e. The molecule has 1 aromatic heterocycles. The molecule has 0 amide bonds. The Hall–Kier alpha value is -4.82. The van der Waals surface area contributed by atoms with Gasteiger partial charge < -0.3 is 9.47 Å². The predicted molar refractivity (Wildman–Crippen MR) is 161 cm³/mol. The van der Waals surface area contributed by atoms with Gasteiger partial charge in [0.05, 0.1) is 17.1 Å². The molecule has 0 fully saturated rings. The van der Waals surface area contributed by atoms with Crippen molar-refractivity contribution in [2.24, 2.45) is 0 Å². The molecule has 2 aliphatic rings. The van der Waals surface area contributed by atoms with Crippen LogP contribution in [0.15, 0.2) is 140 Å². The number of aromatic nitrogens is 1. The van der Waals surface area contributed by atoms with Gasteiger partial charge in [-0.1, -0.05) is 103 Å². The van der Waals surface area contributed by atoms with Gasteiger partial charge in [0.2, 0.25) is 0 Å². The third-order valence-corrected chi connectivity index (χ3v) is 8.10. The number of fused-ring (bicyclic) bond motifs is 6. The molecule has 0 N–H and O–H groups in total. The van der Waals surface area contributed by atoms with Crippen LogP contribution in [0.5, 0.6) is 0 Å². The molecule has 0 saturated carbocycles. The van der Waals surface area contributed by atoms with Gasteiger partial charge in [-0.25, -0.2) is 0 Å². The van der Waals surface area contributed by atoms with Crippen LogP contribution in [0.2, 0.25) is 0 Å². The number of benzene rings is 5. The Morgan fingerprint density at radius 1 is 0.553 bits per heavy atom. The Kier molecular flexibility index (Phi) is 4.68. The fraction of sp³-hybridized carbons (Fsp3) is 0.0556. The van der Waals surface area contributed by atoms with E-state index in [9.17, 15) is 0 Å². The quantitative estimate of drug-likeness (QED) is 0.242. The molecule has 6 aromatic rings. The first-order chi connectivity index (χ1) is 18.9. The van der Waals surface area contributed by atoms with E-state index < -0.39 is 0 Å². The third-order valence-electron chi connectivity index (χ3n) is 8.10. The molecule has 5 aromatic carbocycles. The number of hydrogen-bond donors (Lipinski definition) is 0. The van der Waals surface area contributed by atoms with Gasteiger partial charge in [0.15, 0.2) is 0 Å². The summed E-state index contributed by atoms with van der Waals surface area (Å²) in [4.78, 5) is 2.55. The van der Waals surface area contributed by atoms with Crippen LogP contribution < -0.4 is 4.90 Å². The third kappa shape index (κ3) is 3.13. The average molecular weight is 487 g/mol. The first kappa shape index (κ1) is 21.3. The molecule has 0 radical (unpaired) electrons. The molecule has 1 aliphatic carbocycles. The Labute approximate surface area is 222 Å². The SMILES string of the molecule is C1=C2c3ccccc3N(c3cccc(-c4ccccc4)c3)[C@H]2CC(n2c3ccccc3c3ccccc32)=C1. The van der Waals surface area contributed by atoms with E-state index in [1.807, 2.05) is 0 Å². The van der Waals surface area contributed by atoms with Crippen molar-refractivity contribution >= 4 is 44.5 Å². The molecule has 0 spiro atoms. The number of nitrogens with zero attached hydrogens (tertiary/aromatic N) is 2. The molecule has 2 nitrogen and oxygen atoms in total. The fourth-order valence-electron chi connectivity index (χ4n) is 6.45. The fourth-order valence-corrected chi connectivity index (χ4v) is 6.45. The van der Waals surface area contributed by atoms with Crippen LogP contribution in [-0.4, -0.2) is 10.6 Å². The highest BCUT2D eigenvalue weighted by Gasteiger charge is 2.37. The minimum atomic E-state index is 0.235. The molecular formula is C36H26N2. The molecule has 1 aliphatic heterocycles. The van der Waals surface area contributed by atoms with E-state index in [2.05, 4.69) is 149 Å². The van der Waals surface area contributed by atoms with Gasteiger partial charge in [0.1, 0.15) is 0 Å². The highest BCUT2D eigenvalue weighted by molar-refractivity contribution is 6.10. The first-order valence-electron chi connectivity index (χ1n) is 13.3. The molecule has 8 rings (SSSR count). The van der Waals surface area contributed by atoms with Crippen LogP contribution in [0.3, 0.4) is 0 Å². The van der Waals surface area contributed by atoms with E-state index in [4.69, 9.17) is 0 Å². The van der Waals surface area contributed by atoms with E-state index in [0.29, 0.717) is 0 Å². The maximum Gasteiger partial charge on any atom is 0.0653 e. The van der Waals surface area contributed by atoms with E-state index in [1.54, 1.807) is 0 Å². The van der Waals surface area contributed by atoms with Crippen molar-refractivity contribution in [3.8, 4) is 11.1 Å². The standard InChI is InChI=1S/C36H26N2/c1-2-11-25(12-3-1)26-13-10-14-27(23-26)38-35-20-9-6-17-31(35)32-22-21-28(24-36(32)38)37-33-18-7-4-15-29(33)30-16-5-8-19-34(30)37/h1-23,36H,24H2/t36-/m0/s1. The van der Waals surface area contributed by atoms with E-state index in [-0.39, 0.29) is 6.04 Å². The first-order valence-corrected chi connectivity index (χ1v) is 13.3. The monoisotopic (exact) mass is 486 g/mol. The normalized spacial score (nSPS) is 16.3.